The molecule has 2 rings (SSSR count). The van der Waals surface area contributed by atoms with Crippen molar-refractivity contribution in [2.24, 2.45) is 5.41 Å². The molecule has 0 atom stereocenters. The van der Waals surface area contributed by atoms with Gasteiger partial charge in [0.2, 0.25) is 11.8 Å². The van der Waals surface area contributed by atoms with Crippen LogP contribution in [0.4, 0.5) is 11.4 Å². The first-order valence-corrected chi connectivity index (χ1v) is 8.68. The maximum Gasteiger partial charge on any atom is 0.239 e. The Morgan fingerprint density at radius 1 is 0.923 bits per heavy atom. The van der Waals surface area contributed by atoms with Crippen molar-refractivity contribution in [2.45, 2.75) is 34.6 Å². The highest BCUT2D eigenvalue weighted by Gasteiger charge is 2.37. The van der Waals surface area contributed by atoms with Crippen LogP contribution >= 0.6 is 0 Å². The molecule has 2 aromatic rings. The lowest BCUT2D eigenvalue weighted by atomic mass is 9.90. The van der Waals surface area contributed by atoms with Crippen LogP contribution in [0.2, 0.25) is 0 Å². The van der Waals surface area contributed by atoms with Gasteiger partial charge in [0, 0.05) is 5.69 Å². The van der Waals surface area contributed by atoms with Crippen LogP contribution in [0.15, 0.2) is 42.5 Å². The SMILES string of the molecule is CCOc1ccccc1NC(=O)C(C)(C)C(=O)Nc1c(C)cccc1C. The fourth-order valence-electron chi connectivity index (χ4n) is 2.51. The highest BCUT2D eigenvalue weighted by molar-refractivity contribution is 6.14. The number of nitrogens with one attached hydrogen (secondary N) is 2. The number of para-hydroxylation sites is 3. The summed E-state index contributed by atoms with van der Waals surface area (Å²) in [5.74, 6) is -0.177. The number of carbonyl (C=O) groups is 2. The third kappa shape index (κ3) is 4.23. The number of aryl methyl sites for hydroxylation is 2. The highest BCUT2D eigenvalue weighted by Crippen LogP contribution is 2.28. The quantitative estimate of drug-likeness (QED) is 0.760. The van der Waals surface area contributed by atoms with Crippen molar-refractivity contribution in [3.05, 3.63) is 53.6 Å². The fourth-order valence-corrected chi connectivity index (χ4v) is 2.51. The molecule has 138 valence electrons. The van der Waals surface area contributed by atoms with E-state index in [4.69, 9.17) is 4.74 Å². The van der Waals surface area contributed by atoms with Gasteiger partial charge in [0.15, 0.2) is 0 Å². The molecule has 0 aromatic heterocycles. The number of rotatable bonds is 6. The second-order valence-electron chi connectivity index (χ2n) is 6.73. The molecule has 0 unspecified atom stereocenters. The minimum absolute atomic E-state index is 0.360. The molecule has 0 heterocycles. The van der Waals surface area contributed by atoms with Crippen LogP contribution in [0.25, 0.3) is 0 Å². The third-order valence-corrected chi connectivity index (χ3v) is 4.29. The molecule has 2 N–H and O–H groups in total. The zero-order chi connectivity index (χ0) is 19.3. The first kappa shape index (κ1) is 19.5. The molecule has 0 aliphatic heterocycles. The Kier molecular flexibility index (Phi) is 6.03. The maximum atomic E-state index is 12.8. The number of benzene rings is 2. The Balaban J connectivity index is 2.18. The van der Waals surface area contributed by atoms with E-state index in [-0.39, 0.29) is 5.91 Å². The Hall–Kier alpha value is -2.82. The molecular formula is C21H26N2O3. The van der Waals surface area contributed by atoms with E-state index in [1.54, 1.807) is 26.0 Å². The van der Waals surface area contributed by atoms with Gasteiger partial charge in [-0.1, -0.05) is 30.3 Å². The molecule has 5 nitrogen and oxygen atoms in total. The molecule has 0 radical (unpaired) electrons. The Labute approximate surface area is 154 Å². The summed E-state index contributed by atoms with van der Waals surface area (Å²) in [4.78, 5) is 25.5. The number of hydrogen-bond donors (Lipinski definition) is 2. The van der Waals surface area contributed by atoms with Crippen LogP contribution in [0.5, 0.6) is 5.75 Å². The van der Waals surface area contributed by atoms with Crippen LogP contribution in [0.3, 0.4) is 0 Å². The molecule has 5 heteroatoms. The van der Waals surface area contributed by atoms with E-state index in [2.05, 4.69) is 10.6 Å². The average Bonchev–Trinajstić information content (AvgIpc) is 2.60. The zero-order valence-corrected chi connectivity index (χ0v) is 16.0. The minimum atomic E-state index is -1.26. The monoisotopic (exact) mass is 354 g/mol. The minimum Gasteiger partial charge on any atom is -0.492 e. The second-order valence-corrected chi connectivity index (χ2v) is 6.73. The van der Waals surface area contributed by atoms with Gasteiger partial charge in [-0.15, -0.1) is 0 Å². The molecular weight excluding hydrogens is 328 g/mol. The van der Waals surface area contributed by atoms with Crippen molar-refractivity contribution >= 4 is 23.2 Å². The predicted molar refractivity (Wildman–Crippen MR) is 105 cm³/mol. The Bertz CT molecular complexity index is 792. The number of amides is 2. The summed E-state index contributed by atoms with van der Waals surface area (Å²) in [5, 5.41) is 5.70. The average molecular weight is 354 g/mol. The van der Waals surface area contributed by atoms with Gasteiger partial charge in [0.1, 0.15) is 11.2 Å². The molecule has 0 bridgehead atoms. The van der Waals surface area contributed by atoms with E-state index in [1.165, 1.54) is 0 Å². The van der Waals surface area contributed by atoms with Gasteiger partial charge >= 0.3 is 0 Å². The summed E-state index contributed by atoms with van der Waals surface area (Å²) in [6.45, 7) is 9.43. The van der Waals surface area contributed by atoms with E-state index < -0.39 is 11.3 Å². The van der Waals surface area contributed by atoms with Crippen LogP contribution in [-0.4, -0.2) is 18.4 Å². The summed E-state index contributed by atoms with van der Waals surface area (Å²) in [5.41, 5.74) is 1.95. The van der Waals surface area contributed by atoms with Crippen LogP contribution in [-0.2, 0) is 9.59 Å². The standard InChI is InChI=1S/C21H26N2O3/c1-6-26-17-13-8-7-12-16(17)22-19(24)21(4,5)20(25)23-18-14(2)10-9-11-15(18)3/h7-13H,6H2,1-5H3,(H,22,24)(H,23,25). The zero-order valence-electron chi connectivity index (χ0n) is 16.0. The molecule has 2 amide bonds. The van der Waals surface area contributed by atoms with Gasteiger partial charge < -0.3 is 15.4 Å². The smallest absolute Gasteiger partial charge is 0.239 e. The first-order valence-electron chi connectivity index (χ1n) is 8.68. The maximum absolute atomic E-state index is 12.8. The number of ether oxygens (including phenoxy) is 1. The van der Waals surface area contributed by atoms with Gasteiger partial charge in [-0.3, -0.25) is 9.59 Å². The van der Waals surface area contributed by atoms with Gasteiger partial charge in [0.05, 0.1) is 12.3 Å². The first-order chi connectivity index (χ1) is 12.3. The molecule has 0 aliphatic carbocycles. The lowest BCUT2D eigenvalue weighted by Crippen LogP contribution is -2.41. The summed E-state index contributed by atoms with van der Waals surface area (Å²) < 4.78 is 5.52. The molecule has 0 saturated carbocycles. The van der Waals surface area contributed by atoms with E-state index in [1.807, 2.05) is 51.1 Å². The summed E-state index contributed by atoms with van der Waals surface area (Å²) in [6.07, 6.45) is 0. The van der Waals surface area contributed by atoms with Crippen LogP contribution in [0.1, 0.15) is 31.9 Å². The molecule has 2 aromatic carbocycles. The van der Waals surface area contributed by atoms with Crippen molar-refractivity contribution in [2.75, 3.05) is 17.2 Å². The topological polar surface area (TPSA) is 67.4 Å². The van der Waals surface area contributed by atoms with Crippen LogP contribution in [0, 0.1) is 19.3 Å². The number of hydrogen-bond acceptors (Lipinski definition) is 3. The third-order valence-electron chi connectivity index (χ3n) is 4.29. The number of carbonyl (C=O) groups excluding carboxylic acids is 2. The van der Waals surface area contributed by atoms with Crippen molar-refractivity contribution in [1.82, 2.24) is 0 Å². The Morgan fingerprint density at radius 3 is 2.12 bits per heavy atom. The molecule has 26 heavy (non-hydrogen) atoms. The fraction of sp³-hybridized carbons (Fsp3) is 0.333. The normalized spacial score (nSPS) is 11.0. The molecule has 0 saturated heterocycles. The molecule has 0 aliphatic rings. The molecule has 0 fully saturated rings. The van der Waals surface area contributed by atoms with Gasteiger partial charge in [-0.05, 0) is 57.9 Å². The van der Waals surface area contributed by atoms with Crippen molar-refractivity contribution in [1.29, 1.82) is 0 Å². The van der Waals surface area contributed by atoms with Crippen molar-refractivity contribution < 1.29 is 14.3 Å². The van der Waals surface area contributed by atoms with Gasteiger partial charge in [0.25, 0.3) is 0 Å². The van der Waals surface area contributed by atoms with Crippen molar-refractivity contribution in [3.8, 4) is 5.75 Å². The van der Waals surface area contributed by atoms with Crippen molar-refractivity contribution in [3.63, 3.8) is 0 Å². The summed E-state index contributed by atoms with van der Waals surface area (Å²) >= 11 is 0. The van der Waals surface area contributed by atoms with E-state index in [0.717, 1.165) is 16.8 Å². The van der Waals surface area contributed by atoms with Gasteiger partial charge in [-0.2, -0.15) is 0 Å². The van der Waals surface area contributed by atoms with Crippen LogP contribution < -0.4 is 15.4 Å². The van der Waals surface area contributed by atoms with E-state index >= 15 is 0 Å². The van der Waals surface area contributed by atoms with E-state index in [9.17, 15) is 9.59 Å². The summed E-state index contributed by atoms with van der Waals surface area (Å²) in [6, 6.07) is 13.0. The largest absolute Gasteiger partial charge is 0.492 e. The predicted octanol–water partition coefficient (Wildman–Crippen LogP) is 4.31. The molecule has 0 spiro atoms. The summed E-state index contributed by atoms with van der Waals surface area (Å²) in [7, 11) is 0. The number of anilines is 2. The lowest BCUT2D eigenvalue weighted by molar-refractivity contribution is -0.135. The van der Waals surface area contributed by atoms with Gasteiger partial charge in [-0.25, -0.2) is 0 Å². The second kappa shape index (κ2) is 8.04. The lowest BCUT2D eigenvalue weighted by Gasteiger charge is -2.24. The van der Waals surface area contributed by atoms with E-state index in [0.29, 0.717) is 18.0 Å². The highest BCUT2D eigenvalue weighted by atomic mass is 16.5. The Morgan fingerprint density at radius 2 is 1.50 bits per heavy atom.